The molecule has 0 saturated heterocycles. The van der Waals surface area contributed by atoms with Crippen LogP contribution < -0.4 is 10.1 Å². The van der Waals surface area contributed by atoms with Crippen LogP contribution in [-0.4, -0.2) is 12.1 Å². The summed E-state index contributed by atoms with van der Waals surface area (Å²) in [6, 6.07) is 16.7. The van der Waals surface area contributed by atoms with Gasteiger partial charge >= 0.3 is 0 Å². The molecule has 3 rings (SSSR count). The lowest BCUT2D eigenvalue weighted by Gasteiger charge is -2.18. The van der Waals surface area contributed by atoms with E-state index in [1.807, 2.05) is 24.4 Å². The molecule has 102 valence electrons. The highest BCUT2D eigenvalue weighted by atomic mass is 16.5. The second-order valence-electron chi connectivity index (χ2n) is 4.89. The zero-order valence-electron chi connectivity index (χ0n) is 11.7. The summed E-state index contributed by atoms with van der Waals surface area (Å²) >= 11 is 0. The Morgan fingerprint density at radius 3 is 2.80 bits per heavy atom. The molecule has 0 aliphatic heterocycles. The molecule has 1 aromatic heterocycles. The van der Waals surface area contributed by atoms with E-state index in [4.69, 9.17) is 4.74 Å². The van der Waals surface area contributed by atoms with Gasteiger partial charge in [0.25, 0.3) is 0 Å². The Morgan fingerprint density at radius 1 is 1.10 bits per heavy atom. The Labute approximate surface area is 118 Å². The van der Waals surface area contributed by atoms with Gasteiger partial charge in [-0.2, -0.15) is 0 Å². The lowest BCUT2D eigenvalue weighted by molar-refractivity contribution is 0.408. The number of fused-ring (bicyclic) bond motifs is 1. The average Bonchev–Trinajstić information content (AvgIpc) is 2.94. The Morgan fingerprint density at radius 2 is 1.95 bits per heavy atom. The van der Waals surface area contributed by atoms with Gasteiger partial charge in [-0.3, -0.25) is 0 Å². The Hall–Kier alpha value is -2.42. The summed E-state index contributed by atoms with van der Waals surface area (Å²) in [4.78, 5) is 3.20. The van der Waals surface area contributed by atoms with Crippen LogP contribution >= 0.6 is 0 Å². The largest absolute Gasteiger partial charge is 0.496 e. The number of nitrogens with one attached hydrogen (secondary N) is 2. The zero-order valence-corrected chi connectivity index (χ0v) is 11.7. The topological polar surface area (TPSA) is 37.0 Å². The highest BCUT2D eigenvalue weighted by Gasteiger charge is 2.10. The molecule has 2 aromatic carbocycles. The fourth-order valence-electron chi connectivity index (χ4n) is 2.49. The number of H-pyrrole nitrogens is 1. The molecule has 1 atom stereocenters. The lowest BCUT2D eigenvalue weighted by atomic mass is 10.1. The van der Waals surface area contributed by atoms with Crippen LogP contribution in [0.5, 0.6) is 5.75 Å². The summed E-state index contributed by atoms with van der Waals surface area (Å²) in [5.41, 5.74) is 3.42. The third kappa shape index (κ3) is 2.35. The third-order valence-corrected chi connectivity index (χ3v) is 3.54. The molecular weight excluding hydrogens is 248 g/mol. The van der Waals surface area contributed by atoms with Gasteiger partial charge in [0, 0.05) is 28.4 Å². The predicted molar refractivity (Wildman–Crippen MR) is 83.3 cm³/mol. The first kappa shape index (κ1) is 12.6. The minimum atomic E-state index is 0.183. The van der Waals surface area contributed by atoms with Crippen molar-refractivity contribution in [3.63, 3.8) is 0 Å². The summed E-state index contributed by atoms with van der Waals surface area (Å²) in [5, 5.41) is 4.73. The molecular formula is C17H18N2O. The molecule has 2 N–H and O–H groups in total. The van der Waals surface area contributed by atoms with Crippen molar-refractivity contribution in [3.05, 3.63) is 60.3 Å². The van der Waals surface area contributed by atoms with Crippen molar-refractivity contribution in [1.82, 2.24) is 4.98 Å². The molecule has 0 aliphatic rings. The first-order valence-electron chi connectivity index (χ1n) is 6.74. The van der Waals surface area contributed by atoms with Crippen LogP contribution in [0, 0.1) is 0 Å². The summed E-state index contributed by atoms with van der Waals surface area (Å²) < 4.78 is 5.42. The van der Waals surface area contributed by atoms with Crippen LogP contribution in [0.4, 0.5) is 5.69 Å². The summed E-state index contributed by atoms with van der Waals surface area (Å²) in [5.74, 6) is 0.912. The first-order chi connectivity index (χ1) is 9.78. The number of hydrogen-bond acceptors (Lipinski definition) is 2. The van der Waals surface area contributed by atoms with E-state index in [0.29, 0.717) is 0 Å². The molecule has 1 heterocycles. The highest BCUT2D eigenvalue weighted by Crippen LogP contribution is 2.28. The van der Waals surface area contributed by atoms with E-state index in [9.17, 15) is 0 Å². The molecule has 0 fully saturated rings. The summed E-state index contributed by atoms with van der Waals surface area (Å²) in [6.07, 6.45) is 1.96. The average molecular weight is 266 g/mol. The second kappa shape index (κ2) is 5.29. The van der Waals surface area contributed by atoms with Gasteiger partial charge in [0.2, 0.25) is 0 Å². The maximum Gasteiger partial charge on any atom is 0.124 e. The fraction of sp³-hybridized carbons (Fsp3) is 0.176. The molecule has 0 spiro atoms. The third-order valence-electron chi connectivity index (χ3n) is 3.54. The number of rotatable bonds is 4. The number of aromatic nitrogens is 1. The van der Waals surface area contributed by atoms with E-state index >= 15 is 0 Å². The van der Waals surface area contributed by atoms with E-state index in [2.05, 4.69) is 47.6 Å². The van der Waals surface area contributed by atoms with Crippen molar-refractivity contribution >= 4 is 16.6 Å². The monoisotopic (exact) mass is 266 g/mol. The SMILES string of the molecule is COc1ccccc1C(C)Nc1ccc2[nH]ccc2c1. The van der Waals surface area contributed by atoms with Crippen LogP contribution in [0.2, 0.25) is 0 Å². The molecule has 3 nitrogen and oxygen atoms in total. The van der Waals surface area contributed by atoms with E-state index in [0.717, 1.165) is 22.5 Å². The number of hydrogen-bond donors (Lipinski definition) is 2. The standard InChI is InChI=1S/C17H18N2O/c1-12(15-5-3-4-6-17(15)20-2)19-14-7-8-16-13(11-14)9-10-18-16/h3-12,18-19H,1-2H3. The summed E-state index contributed by atoms with van der Waals surface area (Å²) in [6.45, 7) is 2.14. The molecule has 0 saturated carbocycles. The van der Waals surface area contributed by atoms with Gasteiger partial charge in [-0.15, -0.1) is 0 Å². The van der Waals surface area contributed by atoms with E-state index in [-0.39, 0.29) is 6.04 Å². The zero-order chi connectivity index (χ0) is 13.9. The van der Waals surface area contributed by atoms with Gasteiger partial charge in [0.1, 0.15) is 5.75 Å². The number of ether oxygens (including phenoxy) is 1. The number of aromatic amines is 1. The van der Waals surface area contributed by atoms with Gasteiger partial charge < -0.3 is 15.0 Å². The molecule has 3 aromatic rings. The number of anilines is 1. The molecule has 0 aliphatic carbocycles. The van der Waals surface area contributed by atoms with Crippen LogP contribution in [-0.2, 0) is 0 Å². The number of benzene rings is 2. The van der Waals surface area contributed by atoms with Crippen LogP contribution in [0.15, 0.2) is 54.7 Å². The van der Waals surface area contributed by atoms with Crippen LogP contribution in [0.1, 0.15) is 18.5 Å². The van der Waals surface area contributed by atoms with Gasteiger partial charge in [0.05, 0.1) is 13.2 Å². The van der Waals surface area contributed by atoms with Crippen molar-refractivity contribution in [2.75, 3.05) is 12.4 Å². The Balaban J connectivity index is 1.86. The predicted octanol–water partition coefficient (Wildman–Crippen LogP) is 4.35. The van der Waals surface area contributed by atoms with Gasteiger partial charge in [-0.05, 0) is 37.3 Å². The smallest absolute Gasteiger partial charge is 0.124 e. The molecule has 20 heavy (non-hydrogen) atoms. The molecule has 3 heteroatoms. The van der Waals surface area contributed by atoms with Crippen LogP contribution in [0.3, 0.4) is 0 Å². The minimum absolute atomic E-state index is 0.183. The van der Waals surface area contributed by atoms with E-state index in [1.165, 1.54) is 5.39 Å². The van der Waals surface area contributed by atoms with Gasteiger partial charge in [-0.25, -0.2) is 0 Å². The molecule has 0 radical (unpaired) electrons. The van der Waals surface area contributed by atoms with Crippen molar-refractivity contribution in [3.8, 4) is 5.75 Å². The molecule has 1 unspecified atom stereocenters. The maximum atomic E-state index is 5.42. The maximum absolute atomic E-state index is 5.42. The van der Waals surface area contributed by atoms with Crippen molar-refractivity contribution in [2.45, 2.75) is 13.0 Å². The van der Waals surface area contributed by atoms with E-state index < -0.39 is 0 Å². The van der Waals surface area contributed by atoms with Gasteiger partial charge in [0.15, 0.2) is 0 Å². The fourth-order valence-corrected chi connectivity index (χ4v) is 2.49. The minimum Gasteiger partial charge on any atom is -0.496 e. The Bertz CT molecular complexity index is 718. The van der Waals surface area contributed by atoms with Crippen molar-refractivity contribution in [2.24, 2.45) is 0 Å². The molecule has 0 amide bonds. The normalized spacial score (nSPS) is 12.3. The summed E-state index contributed by atoms with van der Waals surface area (Å²) in [7, 11) is 1.71. The Kier molecular flexibility index (Phi) is 3.33. The van der Waals surface area contributed by atoms with Crippen LogP contribution in [0.25, 0.3) is 10.9 Å². The first-order valence-corrected chi connectivity index (χ1v) is 6.74. The van der Waals surface area contributed by atoms with Gasteiger partial charge in [-0.1, -0.05) is 18.2 Å². The molecule has 0 bridgehead atoms. The van der Waals surface area contributed by atoms with E-state index in [1.54, 1.807) is 7.11 Å². The number of methoxy groups -OCH3 is 1. The number of para-hydroxylation sites is 1. The second-order valence-corrected chi connectivity index (χ2v) is 4.89. The van der Waals surface area contributed by atoms with Crippen molar-refractivity contribution in [1.29, 1.82) is 0 Å². The quantitative estimate of drug-likeness (QED) is 0.736. The van der Waals surface area contributed by atoms with Crippen molar-refractivity contribution < 1.29 is 4.74 Å². The lowest BCUT2D eigenvalue weighted by Crippen LogP contribution is -2.07. The highest BCUT2D eigenvalue weighted by molar-refractivity contribution is 5.83.